The van der Waals surface area contributed by atoms with Crippen molar-refractivity contribution in [3.63, 3.8) is 0 Å². The molecule has 46 heavy (non-hydrogen) atoms. The quantitative estimate of drug-likeness (QED) is 0.0863. The van der Waals surface area contributed by atoms with Gasteiger partial charge in [0.1, 0.15) is 79.2 Å². The predicted octanol–water partition coefficient (Wildman–Crippen LogP) is -7.52. The summed E-state index contributed by atoms with van der Waals surface area (Å²) in [5.41, 5.74) is 0. The van der Waals surface area contributed by atoms with Crippen molar-refractivity contribution in [2.75, 3.05) is 26.4 Å². The van der Waals surface area contributed by atoms with E-state index in [-0.39, 0.29) is 0 Å². The highest BCUT2D eigenvalue weighted by molar-refractivity contribution is 5.73. The minimum Gasteiger partial charge on any atom is -0.394 e. The van der Waals surface area contributed by atoms with Crippen LogP contribution in [-0.2, 0) is 38.0 Å². The monoisotopic (exact) mass is 674 g/mol. The molecule has 3 aliphatic heterocycles. The van der Waals surface area contributed by atoms with E-state index in [4.69, 9.17) is 28.4 Å². The Morgan fingerprint density at radius 2 is 1.20 bits per heavy atom. The van der Waals surface area contributed by atoms with Crippen molar-refractivity contribution in [3.8, 4) is 0 Å². The molecule has 0 aromatic heterocycles. The molecule has 3 aliphatic rings. The van der Waals surface area contributed by atoms with Gasteiger partial charge in [0.05, 0.1) is 32.5 Å². The van der Waals surface area contributed by atoms with Crippen LogP contribution in [0, 0.1) is 0 Å². The van der Waals surface area contributed by atoms with E-state index < -0.39 is 142 Å². The molecule has 3 heterocycles. The van der Waals surface area contributed by atoms with E-state index >= 15 is 0 Å². The highest BCUT2D eigenvalue weighted by atomic mass is 16.7. The lowest BCUT2D eigenvalue weighted by atomic mass is 9.94. The molecule has 20 nitrogen and oxygen atoms in total. The minimum absolute atomic E-state index is 0.611. The number of nitrogens with one attached hydrogen (secondary N) is 2. The number of hydrogen-bond acceptors (Lipinski definition) is 18. The first-order chi connectivity index (χ1) is 21.7. The first-order valence-electron chi connectivity index (χ1n) is 14.7. The largest absolute Gasteiger partial charge is 0.394 e. The van der Waals surface area contributed by atoms with E-state index in [1.165, 1.54) is 6.92 Å². The third-order valence-electron chi connectivity index (χ3n) is 7.94. The van der Waals surface area contributed by atoms with E-state index in [0.717, 1.165) is 13.8 Å². The summed E-state index contributed by atoms with van der Waals surface area (Å²) in [6, 6.07) is -2.87. The van der Waals surface area contributed by atoms with Crippen LogP contribution < -0.4 is 10.6 Å². The molecule has 0 aromatic carbocycles. The SMILES string of the molecule is CC(=O)N[C@H]1[C@@H](O[C@@H]2[C@H](O)[C@H](O[C@@H](CO)[C@H](O)CO)O[C@H](CO)[C@H]2O)O[C@H](CO)[C@H](O[C@H]2O[C@H](C)[C@H](O)[C@H](O)[C@H]2NC(C)=O)[C@@H]1O. The van der Waals surface area contributed by atoms with Crippen molar-refractivity contribution in [2.45, 2.75) is 125 Å². The van der Waals surface area contributed by atoms with Crippen molar-refractivity contribution < 1.29 is 89.1 Å². The topological polar surface area (TPSA) is 316 Å². The Hall–Kier alpha value is -1.70. The van der Waals surface area contributed by atoms with Gasteiger partial charge in [0.2, 0.25) is 11.8 Å². The van der Waals surface area contributed by atoms with Crippen molar-refractivity contribution in [1.82, 2.24) is 10.6 Å². The number of ether oxygens (including phenoxy) is 6. The Morgan fingerprint density at radius 3 is 1.72 bits per heavy atom. The zero-order valence-corrected chi connectivity index (χ0v) is 25.4. The summed E-state index contributed by atoms with van der Waals surface area (Å²) in [5, 5.41) is 108. The molecule has 268 valence electrons. The summed E-state index contributed by atoms with van der Waals surface area (Å²) in [6.45, 7) is 0.350. The third kappa shape index (κ3) is 8.85. The van der Waals surface area contributed by atoms with Gasteiger partial charge < -0.3 is 90.1 Å². The van der Waals surface area contributed by atoms with Crippen LogP contribution in [0.3, 0.4) is 0 Å². The average Bonchev–Trinajstić information content (AvgIpc) is 3.01. The van der Waals surface area contributed by atoms with Crippen molar-refractivity contribution in [1.29, 1.82) is 0 Å². The molecule has 20 heteroatoms. The second kappa shape index (κ2) is 17.1. The predicted molar refractivity (Wildman–Crippen MR) is 146 cm³/mol. The Bertz CT molecular complexity index is 981. The van der Waals surface area contributed by atoms with Crippen LogP contribution in [0.15, 0.2) is 0 Å². The summed E-state index contributed by atoms with van der Waals surface area (Å²) < 4.78 is 33.9. The zero-order valence-electron chi connectivity index (χ0n) is 25.4. The number of carbonyl (C=O) groups is 2. The van der Waals surface area contributed by atoms with Crippen LogP contribution in [0.4, 0.5) is 0 Å². The van der Waals surface area contributed by atoms with Crippen LogP contribution in [0.25, 0.3) is 0 Å². The summed E-state index contributed by atoms with van der Waals surface area (Å²) in [5.74, 6) is -1.31. The Morgan fingerprint density at radius 1 is 0.674 bits per heavy atom. The molecule has 0 aliphatic carbocycles. The lowest BCUT2D eigenvalue weighted by molar-refractivity contribution is -0.365. The van der Waals surface area contributed by atoms with Gasteiger partial charge in [0.15, 0.2) is 18.9 Å². The lowest BCUT2D eigenvalue weighted by Crippen LogP contribution is -2.70. The van der Waals surface area contributed by atoms with Crippen LogP contribution >= 0.6 is 0 Å². The summed E-state index contributed by atoms with van der Waals surface area (Å²) in [7, 11) is 0. The van der Waals surface area contributed by atoms with Gasteiger partial charge in [0, 0.05) is 13.8 Å². The fraction of sp³-hybridized carbons (Fsp3) is 0.923. The standard InChI is InChI=1S/C26H46N2O18/c1-8-17(36)19(38)15(27-9(2)33)24(41-8)45-22-14(7-32)44-25(16(20(22)39)28-10(3)34)46-23-18(37)13(6-31)43-26(21(23)40)42-12(5-30)11(35)4-29/h8,11-26,29-32,35-40H,4-7H2,1-3H3,(H,27,33)(H,28,34)/t8-,11-,12+,13-,14-,15-,16-,17+,18-,19-,20-,21+,22+,23+,24-,25-,26-/m1/s1. The van der Waals surface area contributed by atoms with Gasteiger partial charge >= 0.3 is 0 Å². The summed E-state index contributed by atoms with van der Waals surface area (Å²) >= 11 is 0. The smallest absolute Gasteiger partial charge is 0.217 e. The highest BCUT2D eigenvalue weighted by Crippen LogP contribution is 2.33. The van der Waals surface area contributed by atoms with Gasteiger partial charge in [-0.1, -0.05) is 0 Å². The molecule has 0 aromatic rings. The molecule has 0 saturated carbocycles. The van der Waals surface area contributed by atoms with Gasteiger partial charge in [-0.3, -0.25) is 9.59 Å². The fourth-order valence-corrected chi connectivity index (χ4v) is 5.45. The molecule has 0 bridgehead atoms. The minimum atomic E-state index is -1.92. The maximum absolute atomic E-state index is 12.2. The van der Waals surface area contributed by atoms with E-state index in [2.05, 4.69) is 10.6 Å². The Kier molecular flexibility index (Phi) is 14.4. The first kappa shape index (κ1) is 38.7. The Labute approximate surface area is 263 Å². The van der Waals surface area contributed by atoms with Gasteiger partial charge in [-0.05, 0) is 6.92 Å². The van der Waals surface area contributed by atoms with E-state index in [1.54, 1.807) is 0 Å². The van der Waals surface area contributed by atoms with Crippen molar-refractivity contribution in [2.24, 2.45) is 0 Å². The van der Waals surface area contributed by atoms with E-state index in [0.29, 0.717) is 0 Å². The number of rotatable bonds is 13. The van der Waals surface area contributed by atoms with Gasteiger partial charge in [-0.15, -0.1) is 0 Å². The van der Waals surface area contributed by atoms with Gasteiger partial charge in [0.25, 0.3) is 0 Å². The molecule has 0 radical (unpaired) electrons. The third-order valence-corrected chi connectivity index (χ3v) is 7.94. The van der Waals surface area contributed by atoms with Crippen LogP contribution in [0.1, 0.15) is 20.8 Å². The van der Waals surface area contributed by atoms with Gasteiger partial charge in [-0.25, -0.2) is 0 Å². The summed E-state index contributed by atoms with van der Waals surface area (Å²) in [4.78, 5) is 24.0. The molecular weight excluding hydrogens is 628 g/mol. The maximum Gasteiger partial charge on any atom is 0.217 e. The van der Waals surface area contributed by atoms with Crippen LogP contribution in [0.5, 0.6) is 0 Å². The number of aliphatic hydroxyl groups is 10. The molecular formula is C26H46N2O18. The molecule has 2 amide bonds. The second-order valence-corrected chi connectivity index (χ2v) is 11.4. The summed E-state index contributed by atoms with van der Waals surface area (Å²) in [6.07, 6.45) is -23.7. The molecule has 3 fully saturated rings. The van der Waals surface area contributed by atoms with E-state index in [1.807, 2.05) is 0 Å². The van der Waals surface area contributed by atoms with Crippen LogP contribution in [0.2, 0.25) is 0 Å². The first-order valence-corrected chi connectivity index (χ1v) is 14.7. The maximum atomic E-state index is 12.2. The van der Waals surface area contributed by atoms with Crippen molar-refractivity contribution in [3.05, 3.63) is 0 Å². The number of aliphatic hydroxyl groups excluding tert-OH is 10. The fourth-order valence-electron chi connectivity index (χ4n) is 5.45. The Balaban J connectivity index is 1.88. The molecule has 12 N–H and O–H groups in total. The van der Waals surface area contributed by atoms with Crippen LogP contribution in [-0.4, -0.2) is 194 Å². The molecule has 3 rings (SSSR count). The highest BCUT2D eigenvalue weighted by Gasteiger charge is 2.54. The van der Waals surface area contributed by atoms with Crippen molar-refractivity contribution >= 4 is 11.8 Å². The van der Waals surface area contributed by atoms with E-state index in [9.17, 15) is 60.7 Å². The van der Waals surface area contributed by atoms with Gasteiger partial charge in [-0.2, -0.15) is 0 Å². The number of hydrogen-bond donors (Lipinski definition) is 12. The molecule has 0 unspecified atom stereocenters. The zero-order chi connectivity index (χ0) is 34.5. The molecule has 17 atom stereocenters. The average molecular weight is 675 g/mol. The normalized spacial score (nSPS) is 43.0. The lowest BCUT2D eigenvalue weighted by Gasteiger charge is -2.49. The number of amides is 2. The molecule has 3 saturated heterocycles. The molecule has 0 spiro atoms. The number of carbonyl (C=O) groups excluding carboxylic acids is 2. The second-order valence-electron chi connectivity index (χ2n) is 11.4.